The van der Waals surface area contributed by atoms with Crippen LogP contribution in [0, 0.1) is 0 Å². The Bertz CT molecular complexity index is 564. The summed E-state index contributed by atoms with van der Waals surface area (Å²) in [5, 5.41) is 13.9. The van der Waals surface area contributed by atoms with Crippen molar-refractivity contribution < 1.29 is 14.6 Å². The lowest BCUT2D eigenvalue weighted by Gasteiger charge is -2.36. The smallest absolute Gasteiger partial charge is 0.0841 e. The Labute approximate surface area is 283 Å². The maximum absolute atomic E-state index is 10.6. The predicted molar refractivity (Wildman–Crippen MR) is 198 cm³/mol. The monoisotopic (exact) mass is 641 g/mol. The number of rotatable bonds is 38. The fourth-order valence-corrected chi connectivity index (χ4v) is 6.46. The fourth-order valence-electron chi connectivity index (χ4n) is 6.46. The molecule has 0 aromatic rings. The van der Waals surface area contributed by atoms with Gasteiger partial charge in [-0.2, -0.15) is 0 Å². The van der Waals surface area contributed by atoms with Gasteiger partial charge in [0.05, 0.1) is 18.8 Å². The molecule has 0 aliphatic rings. The van der Waals surface area contributed by atoms with Gasteiger partial charge >= 0.3 is 0 Å². The van der Waals surface area contributed by atoms with Crippen molar-refractivity contribution in [2.45, 2.75) is 225 Å². The first-order chi connectivity index (χ1) is 22.0. The first-order valence-corrected chi connectivity index (χ1v) is 20.3. The summed E-state index contributed by atoms with van der Waals surface area (Å²) in [6, 6.07) is 0. The van der Waals surface area contributed by atoms with Crippen LogP contribution in [0.2, 0.25) is 0 Å². The van der Waals surface area contributed by atoms with Crippen molar-refractivity contribution in [3.63, 3.8) is 0 Å². The minimum absolute atomic E-state index is 0.0303. The van der Waals surface area contributed by atoms with Crippen LogP contribution in [-0.2, 0) is 9.47 Å². The molecule has 0 bridgehead atoms. The average molecular weight is 641 g/mol. The van der Waals surface area contributed by atoms with Crippen molar-refractivity contribution >= 4 is 0 Å². The van der Waals surface area contributed by atoms with Crippen molar-refractivity contribution in [3.8, 4) is 0 Å². The van der Waals surface area contributed by atoms with Crippen LogP contribution < -0.4 is 11.1 Å². The highest BCUT2D eigenvalue weighted by molar-refractivity contribution is 4.92. The van der Waals surface area contributed by atoms with Gasteiger partial charge in [0.1, 0.15) is 0 Å². The summed E-state index contributed by atoms with van der Waals surface area (Å²) >= 11 is 0. The van der Waals surface area contributed by atoms with Gasteiger partial charge in [-0.25, -0.2) is 0 Å². The number of nitrogens with one attached hydrogen (secondary N) is 1. The lowest BCUT2D eigenvalue weighted by Crippen LogP contribution is -2.55. The third-order valence-corrected chi connectivity index (χ3v) is 9.98. The van der Waals surface area contributed by atoms with Crippen LogP contribution in [0.25, 0.3) is 0 Å². The summed E-state index contributed by atoms with van der Waals surface area (Å²) in [7, 11) is 1.90. The summed E-state index contributed by atoms with van der Waals surface area (Å²) in [6.07, 6.45) is 38.3. The van der Waals surface area contributed by atoms with Crippen LogP contribution in [0.1, 0.15) is 207 Å². The van der Waals surface area contributed by atoms with Crippen LogP contribution in [0.4, 0.5) is 0 Å². The van der Waals surface area contributed by atoms with Gasteiger partial charge in [-0.3, -0.25) is 0 Å². The molecule has 0 rings (SSSR count). The topological polar surface area (TPSA) is 76.7 Å². The molecule has 0 aromatic carbocycles. The molecule has 0 saturated heterocycles. The fraction of sp³-hybridized carbons (Fsp3) is 1.00. The van der Waals surface area contributed by atoms with E-state index in [2.05, 4.69) is 19.2 Å². The van der Waals surface area contributed by atoms with Crippen molar-refractivity contribution in [2.24, 2.45) is 5.73 Å². The molecule has 0 radical (unpaired) electrons. The number of hydrogen-bond acceptors (Lipinski definition) is 5. The van der Waals surface area contributed by atoms with Crippen LogP contribution in [-0.4, -0.2) is 56.3 Å². The minimum Gasteiger partial charge on any atom is -0.390 e. The number of ether oxygens (including phenoxy) is 2. The molecule has 0 spiro atoms. The summed E-state index contributed by atoms with van der Waals surface area (Å²) < 4.78 is 12.5. The first kappa shape index (κ1) is 44.8. The van der Waals surface area contributed by atoms with Crippen LogP contribution in [0.5, 0.6) is 0 Å². The van der Waals surface area contributed by atoms with Gasteiger partial charge in [0.15, 0.2) is 0 Å². The number of nitrogens with two attached hydrogens (primary N) is 1. The van der Waals surface area contributed by atoms with E-state index >= 15 is 0 Å². The van der Waals surface area contributed by atoms with Crippen molar-refractivity contribution in [3.05, 3.63) is 0 Å². The molecule has 5 nitrogen and oxygen atoms in total. The quantitative estimate of drug-likeness (QED) is 0.0585. The van der Waals surface area contributed by atoms with Gasteiger partial charge in [0.2, 0.25) is 0 Å². The van der Waals surface area contributed by atoms with E-state index in [1.165, 1.54) is 167 Å². The highest BCUT2D eigenvalue weighted by atomic mass is 16.5. The lowest BCUT2D eigenvalue weighted by atomic mass is 9.88. The molecule has 3 unspecified atom stereocenters. The Morgan fingerprint density at radius 1 is 0.556 bits per heavy atom. The molecule has 4 N–H and O–H groups in total. The van der Waals surface area contributed by atoms with Gasteiger partial charge in [0.25, 0.3) is 0 Å². The van der Waals surface area contributed by atoms with E-state index in [-0.39, 0.29) is 12.6 Å². The summed E-state index contributed by atoms with van der Waals surface area (Å²) in [5.74, 6) is 0. The SMILES string of the molecule is CCCCCCCCCCCCCCCCOCC(CC(C)(NC)C(O)CN)OCCCCCCCCCCCCCCCC. The molecule has 5 heteroatoms. The predicted octanol–water partition coefficient (Wildman–Crippen LogP) is 11.0. The number of unbranched alkanes of at least 4 members (excludes halogenated alkanes) is 26. The average Bonchev–Trinajstić information content (AvgIpc) is 3.05. The van der Waals surface area contributed by atoms with Crippen LogP contribution >= 0.6 is 0 Å². The number of aliphatic hydroxyl groups excluding tert-OH is 1. The first-order valence-electron chi connectivity index (χ1n) is 20.3. The second-order valence-corrected chi connectivity index (χ2v) is 14.4. The Kier molecular flexibility index (Phi) is 35.0. The van der Waals surface area contributed by atoms with Crippen molar-refractivity contribution in [2.75, 3.05) is 33.4 Å². The van der Waals surface area contributed by atoms with Gasteiger partial charge in [0, 0.05) is 25.3 Å². The van der Waals surface area contributed by atoms with Crippen molar-refractivity contribution in [1.82, 2.24) is 5.32 Å². The standard InChI is InChI=1S/C40H84N2O3/c1-5-7-9-11-13-15-17-19-21-23-25-27-29-31-33-44-37-38(35-40(3,42-4)39(43)36-41)45-34-32-30-28-26-24-22-20-18-16-14-12-10-8-6-2/h38-39,42-43H,5-37,41H2,1-4H3. The number of likely N-dealkylation sites (N-methyl/N-ethyl adjacent to an activating group) is 1. The molecule has 0 aliphatic heterocycles. The summed E-state index contributed by atoms with van der Waals surface area (Å²) in [4.78, 5) is 0. The highest BCUT2D eigenvalue weighted by Crippen LogP contribution is 2.20. The second kappa shape index (κ2) is 35.1. The van der Waals surface area contributed by atoms with E-state index in [1.807, 2.05) is 14.0 Å². The summed E-state index contributed by atoms with van der Waals surface area (Å²) in [5.41, 5.74) is 5.34. The zero-order chi connectivity index (χ0) is 33.1. The Balaban J connectivity index is 3.98. The molecule has 0 heterocycles. The third kappa shape index (κ3) is 29.7. The van der Waals surface area contributed by atoms with E-state index in [4.69, 9.17) is 15.2 Å². The van der Waals surface area contributed by atoms with E-state index in [1.54, 1.807) is 0 Å². The maximum Gasteiger partial charge on any atom is 0.0841 e. The molecule has 0 fully saturated rings. The molecule has 0 aliphatic carbocycles. The minimum atomic E-state index is -0.611. The zero-order valence-corrected chi connectivity index (χ0v) is 31.3. The highest BCUT2D eigenvalue weighted by Gasteiger charge is 2.33. The molecule has 272 valence electrons. The molecular weight excluding hydrogens is 556 g/mol. The second-order valence-electron chi connectivity index (χ2n) is 14.4. The Morgan fingerprint density at radius 2 is 0.889 bits per heavy atom. The van der Waals surface area contributed by atoms with Crippen molar-refractivity contribution in [1.29, 1.82) is 0 Å². The molecule has 0 aromatic heterocycles. The molecule has 45 heavy (non-hydrogen) atoms. The third-order valence-electron chi connectivity index (χ3n) is 9.98. The Morgan fingerprint density at radius 3 is 1.22 bits per heavy atom. The molecular formula is C40H84N2O3. The van der Waals surface area contributed by atoms with Crippen LogP contribution in [0.15, 0.2) is 0 Å². The van der Waals surface area contributed by atoms with Gasteiger partial charge < -0.3 is 25.6 Å². The van der Waals surface area contributed by atoms with E-state index < -0.39 is 11.6 Å². The van der Waals surface area contributed by atoms with E-state index in [0.29, 0.717) is 13.0 Å². The number of hydrogen-bond donors (Lipinski definition) is 3. The zero-order valence-electron chi connectivity index (χ0n) is 31.3. The normalized spacial score (nSPS) is 14.5. The number of aliphatic hydroxyl groups is 1. The van der Waals surface area contributed by atoms with Gasteiger partial charge in [-0.1, -0.05) is 181 Å². The molecule has 0 amide bonds. The largest absolute Gasteiger partial charge is 0.390 e. The van der Waals surface area contributed by atoms with Gasteiger partial charge in [-0.05, 0) is 33.2 Å². The molecule has 3 atom stereocenters. The van der Waals surface area contributed by atoms with E-state index in [0.717, 1.165) is 26.1 Å². The van der Waals surface area contributed by atoms with E-state index in [9.17, 15) is 5.11 Å². The maximum atomic E-state index is 10.6. The Hall–Kier alpha value is -0.200. The van der Waals surface area contributed by atoms with Gasteiger partial charge in [-0.15, -0.1) is 0 Å². The lowest BCUT2D eigenvalue weighted by molar-refractivity contribution is -0.0483. The summed E-state index contributed by atoms with van der Waals surface area (Å²) in [6.45, 7) is 9.02. The molecule has 0 saturated carbocycles. The van der Waals surface area contributed by atoms with Crippen LogP contribution in [0.3, 0.4) is 0 Å².